The van der Waals surface area contributed by atoms with Gasteiger partial charge in [-0.15, -0.1) is 0 Å². The largest absolute Gasteiger partial charge is 0.295 e. The molecular formula is C13H13BrO. The van der Waals surface area contributed by atoms with Crippen molar-refractivity contribution in [2.45, 2.75) is 25.7 Å². The Bertz CT molecular complexity index is 392. The number of ketones is 1. The summed E-state index contributed by atoms with van der Waals surface area (Å²) in [4.78, 5) is 11.5. The van der Waals surface area contributed by atoms with Crippen molar-refractivity contribution < 1.29 is 4.79 Å². The third kappa shape index (κ3) is 2.57. The predicted octanol–water partition coefficient (Wildman–Crippen LogP) is 3.63. The topological polar surface area (TPSA) is 17.1 Å². The summed E-state index contributed by atoms with van der Waals surface area (Å²) in [6, 6.07) is 10.2. The second-order valence-corrected chi connectivity index (χ2v) is 4.78. The average molecular weight is 265 g/mol. The minimum absolute atomic E-state index is 0.317. The highest BCUT2D eigenvalue weighted by Gasteiger charge is 2.19. The third-order valence-electron chi connectivity index (χ3n) is 2.70. The zero-order chi connectivity index (χ0) is 10.7. The Morgan fingerprint density at radius 3 is 2.53 bits per heavy atom. The smallest absolute Gasteiger partial charge is 0.159 e. The molecule has 2 heteroatoms. The summed E-state index contributed by atoms with van der Waals surface area (Å²) < 4.78 is 1.07. The molecule has 0 unspecified atom stereocenters. The molecule has 2 rings (SSSR count). The van der Waals surface area contributed by atoms with Crippen LogP contribution in [0.1, 0.15) is 24.8 Å². The van der Waals surface area contributed by atoms with Gasteiger partial charge in [0.2, 0.25) is 0 Å². The molecule has 0 N–H and O–H groups in total. The van der Waals surface area contributed by atoms with E-state index < -0.39 is 0 Å². The van der Waals surface area contributed by atoms with E-state index in [1.807, 2.05) is 18.2 Å². The first-order valence-electron chi connectivity index (χ1n) is 5.22. The van der Waals surface area contributed by atoms with Gasteiger partial charge in [0.15, 0.2) is 5.78 Å². The molecule has 1 fully saturated rings. The highest BCUT2D eigenvalue weighted by Crippen LogP contribution is 2.28. The standard InChI is InChI=1S/C13H13BrO/c14-12(11-7-4-8-13(11)15)9-10-5-2-1-3-6-10/h1-3,5-6H,4,7-9H2/b12-11+. The van der Waals surface area contributed by atoms with Crippen molar-refractivity contribution in [1.29, 1.82) is 0 Å². The summed E-state index contributed by atoms with van der Waals surface area (Å²) >= 11 is 3.54. The number of benzene rings is 1. The molecule has 0 heterocycles. The maximum Gasteiger partial charge on any atom is 0.159 e. The van der Waals surface area contributed by atoms with E-state index in [9.17, 15) is 4.79 Å². The number of carbonyl (C=O) groups is 1. The van der Waals surface area contributed by atoms with Crippen LogP contribution in [0.5, 0.6) is 0 Å². The van der Waals surface area contributed by atoms with Crippen molar-refractivity contribution in [2.75, 3.05) is 0 Å². The van der Waals surface area contributed by atoms with Crippen molar-refractivity contribution >= 4 is 21.7 Å². The van der Waals surface area contributed by atoms with Crippen LogP contribution >= 0.6 is 15.9 Å². The third-order valence-corrected chi connectivity index (χ3v) is 3.46. The van der Waals surface area contributed by atoms with Crippen molar-refractivity contribution in [1.82, 2.24) is 0 Å². The first-order chi connectivity index (χ1) is 7.27. The number of hydrogen-bond donors (Lipinski definition) is 0. The molecule has 15 heavy (non-hydrogen) atoms. The Kier molecular flexibility index (Phi) is 3.37. The van der Waals surface area contributed by atoms with E-state index in [-0.39, 0.29) is 0 Å². The van der Waals surface area contributed by atoms with Gasteiger partial charge in [0.25, 0.3) is 0 Å². The maximum absolute atomic E-state index is 11.5. The van der Waals surface area contributed by atoms with Gasteiger partial charge in [-0.25, -0.2) is 0 Å². The van der Waals surface area contributed by atoms with Crippen LogP contribution in [0.15, 0.2) is 40.4 Å². The number of carbonyl (C=O) groups excluding carboxylic acids is 1. The first kappa shape index (κ1) is 10.6. The molecule has 78 valence electrons. The van der Waals surface area contributed by atoms with Crippen molar-refractivity contribution in [3.63, 3.8) is 0 Å². The number of allylic oxidation sites excluding steroid dienone is 2. The van der Waals surface area contributed by atoms with Crippen molar-refractivity contribution in [2.24, 2.45) is 0 Å². The lowest BCUT2D eigenvalue weighted by Gasteiger charge is -2.03. The summed E-state index contributed by atoms with van der Waals surface area (Å²) in [5, 5.41) is 0. The molecule has 0 amide bonds. The van der Waals surface area contributed by atoms with Crippen LogP contribution in [-0.4, -0.2) is 5.78 Å². The molecular weight excluding hydrogens is 252 g/mol. The molecule has 0 bridgehead atoms. The molecule has 1 aromatic carbocycles. The highest BCUT2D eigenvalue weighted by atomic mass is 79.9. The van der Waals surface area contributed by atoms with Crippen LogP contribution < -0.4 is 0 Å². The fourth-order valence-corrected chi connectivity index (χ4v) is 2.63. The number of rotatable bonds is 2. The number of hydrogen-bond acceptors (Lipinski definition) is 1. The molecule has 1 aliphatic carbocycles. The Morgan fingerprint density at radius 1 is 1.20 bits per heavy atom. The van der Waals surface area contributed by atoms with Crippen LogP contribution in [-0.2, 0) is 11.2 Å². The minimum atomic E-state index is 0.317. The van der Waals surface area contributed by atoms with Gasteiger partial charge in [-0.1, -0.05) is 46.3 Å². The van der Waals surface area contributed by atoms with Gasteiger partial charge in [-0.2, -0.15) is 0 Å². The molecule has 0 saturated heterocycles. The van der Waals surface area contributed by atoms with Crippen LogP contribution in [0.3, 0.4) is 0 Å². The second kappa shape index (κ2) is 4.75. The Balaban J connectivity index is 2.16. The van der Waals surface area contributed by atoms with Crippen LogP contribution in [0.2, 0.25) is 0 Å². The fourth-order valence-electron chi connectivity index (χ4n) is 1.88. The zero-order valence-electron chi connectivity index (χ0n) is 8.50. The Morgan fingerprint density at radius 2 is 1.93 bits per heavy atom. The lowest BCUT2D eigenvalue weighted by atomic mass is 10.1. The monoisotopic (exact) mass is 264 g/mol. The second-order valence-electron chi connectivity index (χ2n) is 3.82. The molecule has 0 radical (unpaired) electrons. The van der Waals surface area contributed by atoms with Crippen LogP contribution in [0.4, 0.5) is 0 Å². The van der Waals surface area contributed by atoms with Crippen LogP contribution in [0.25, 0.3) is 0 Å². The SMILES string of the molecule is O=C1CCC/C1=C(\Br)Cc1ccccc1. The van der Waals surface area contributed by atoms with E-state index in [0.717, 1.165) is 35.7 Å². The summed E-state index contributed by atoms with van der Waals surface area (Å²) in [5.74, 6) is 0.317. The van der Waals surface area contributed by atoms with Gasteiger partial charge < -0.3 is 0 Å². The van der Waals surface area contributed by atoms with E-state index in [1.54, 1.807) is 0 Å². The fraction of sp³-hybridized carbons (Fsp3) is 0.308. The molecule has 1 aromatic rings. The van der Waals surface area contributed by atoms with E-state index in [2.05, 4.69) is 28.1 Å². The summed E-state index contributed by atoms with van der Waals surface area (Å²) in [5.41, 5.74) is 2.25. The van der Waals surface area contributed by atoms with Gasteiger partial charge in [-0.05, 0) is 18.4 Å². The van der Waals surface area contributed by atoms with Crippen molar-refractivity contribution in [3.05, 3.63) is 46.0 Å². The molecule has 1 aliphatic rings. The molecule has 1 nitrogen and oxygen atoms in total. The predicted molar refractivity (Wildman–Crippen MR) is 65.0 cm³/mol. The van der Waals surface area contributed by atoms with Gasteiger partial charge in [-0.3, -0.25) is 4.79 Å². The van der Waals surface area contributed by atoms with Crippen LogP contribution in [0, 0.1) is 0 Å². The van der Waals surface area contributed by atoms with E-state index in [1.165, 1.54) is 5.56 Å². The van der Waals surface area contributed by atoms with Crippen molar-refractivity contribution in [3.8, 4) is 0 Å². The number of Topliss-reactive ketones (excluding diaryl/α,β-unsaturated/α-hetero) is 1. The van der Waals surface area contributed by atoms with Gasteiger partial charge in [0, 0.05) is 22.9 Å². The summed E-state index contributed by atoms with van der Waals surface area (Å²) in [6.07, 6.45) is 3.51. The lowest BCUT2D eigenvalue weighted by Crippen LogP contribution is -1.96. The maximum atomic E-state index is 11.5. The summed E-state index contributed by atoms with van der Waals surface area (Å²) in [6.45, 7) is 0. The normalized spacial score (nSPS) is 19.4. The average Bonchev–Trinajstić information content (AvgIpc) is 2.66. The number of halogens is 1. The van der Waals surface area contributed by atoms with E-state index in [0.29, 0.717) is 5.78 Å². The Labute approximate surface area is 98.3 Å². The highest BCUT2D eigenvalue weighted by molar-refractivity contribution is 9.11. The molecule has 0 atom stereocenters. The minimum Gasteiger partial charge on any atom is -0.295 e. The molecule has 1 saturated carbocycles. The van der Waals surface area contributed by atoms with E-state index >= 15 is 0 Å². The zero-order valence-corrected chi connectivity index (χ0v) is 10.1. The summed E-state index contributed by atoms with van der Waals surface area (Å²) in [7, 11) is 0. The van der Waals surface area contributed by atoms with Gasteiger partial charge in [0.05, 0.1) is 0 Å². The van der Waals surface area contributed by atoms with Gasteiger partial charge >= 0.3 is 0 Å². The molecule has 0 aliphatic heterocycles. The first-order valence-corrected chi connectivity index (χ1v) is 6.01. The molecule has 0 spiro atoms. The Hall–Kier alpha value is -0.890. The van der Waals surface area contributed by atoms with E-state index in [4.69, 9.17) is 0 Å². The molecule has 0 aromatic heterocycles. The lowest BCUT2D eigenvalue weighted by molar-refractivity contribution is -0.114. The van der Waals surface area contributed by atoms with Gasteiger partial charge in [0.1, 0.15) is 0 Å². The quantitative estimate of drug-likeness (QED) is 0.746.